The fraction of sp³-hybridized carbons (Fsp3) is 0.462. The SMILES string of the molecule is O=C(NC(CO)CO)C1Cc2ccccc2C1. The summed E-state index contributed by atoms with van der Waals surface area (Å²) < 4.78 is 0. The van der Waals surface area contributed by atoms with Crippen LogP contribution >= 0.6 is 0 Å². The van der Waals surface area contributed by atoms with Crippen molar-refractivity contribution in [3.8, 4) is 0 Å². The summed E-state index contributed by atoms with van der Waals surface area (Å²) in [6, 6.07) is 7.48. The van der Waals surface area contributed by atoms with E-state index < -0.39 is 6.04 Å². The van der Waals surface area contributed by atoms with Crippen LogP contribution in [-0.2, 0) is 17.6 Å². The summed E-state index contributed by atoms with van der Waals surface area (Å²) >= 11 is 0. The van der Waals surface area contributed by atoms with Crippen LogP contribution in [0.3, 0.4) is 0 Å². The van der Waals surface area contributed by atoms with Crippen molar-refractivity contribution in [1.29, 1.82) is 0 Å². The molecule has 0 fully saturated rings. The van der Waals surface area contributed by atoms with Gasteiger partial charge in [-0.2, -0.15) is 0 Å². The van der Waals surface area contributed by atoms with Gasteiger partial charge in [0.1, 0.15) is 0 Å². The smallest absolute Gasteiger partial charge is 0.224 e. The Labute approximate surface area is 100 Å². The molecule has 4 heteroatoms. The molecule has 0 heterocycles. The lowest BCUT2D eigenvalue weighted by molar-refractivity contribution is -0.126. The van der Waals surface area contributed by atoms with Crippen LogP contribution in [0.1, 0.15) is 11.1 Å². The average molecular weight is 235 g/mol. The number of benzene rings is 1. The molecule has 0 saturated carbocycles. The van der Waals surface area contributed by atoms with Gasteiger partial charge in [-0.3, -0.25) is 4.79 Å². The lowest BCUT2D eigenvalue weighted by Gasteiger charge is -2.16. The summed E-state index contributed by atoms with van der Waals surface area (Å²) in [5.74, 6) is -0.165. The van der Waals surface area contributed by atoms with Crippen molar-refractivity contribution in [3.05, 3.63) is 35.4 Å². The molecule has 0 bridgehead atoms. The second kappa shape index (κ2) is 5.29. The van der Waals surface area contributed by atoms with Crippen molar-refractivity contribution in [2.75, 3.05) is 13.2 Å². The summed E-state index contributed by atoms with van der Waals surface area (Å²) in [7, 11) is 0. The molecule has 1 aromatic carbocycles. The molecular formula is C13H17NO3. The molecule has 0 aliphatic heterocycles. The topological polar surface area (TPSA) is 69.6 Å². The van der Waals surface area contributed by atoms with Gasteiger partial charge in [0.15, 0.2) is 0 Å². The van der Waals surface area contributed by atoms with E-state index in [0.717, 1.165) is 12.8 Å². The number of amides is 1. The van der Waals surface area contributed by atoms with E-state index in [9.17, 15) is 4.79 Å². The lowest BCUT2D eigenvalue weighted by Crippen LogP contribution is -2.43. The van der Waals surface area contributed by atoms with Crippen molar-refractivity contribution < 1.29 is 15.0 Å². The van der Waals surface area contributed by atoms with Crippen LogP contribution in [0, 0.1) is 5.92 Å². The fourth-order valence-electron chi connectivity index (χ4n) is 2.21. The highest BCUT2D eigenvalue weighted by Gasteiger charge is 2.27. The summed E-state index contributed by atoms with van der Waals surface area (Å²) in [5.41, 5.74) is 2.44. The van der Waals surface area contributed by atoms with Crippen LogP contribution in [0.4, 0.5) is 0 Å². The number of aliphatic hydroxyl groups is 2. The Hall–Kier alpha value is -1.39. The van der Waals surface area contributed by atoms with Gasteiger partial charge in [0.2, 0.25) is 5.91 Å². The third kappa shape index (κ3) is 2.65. The first kappa shape index (κ1) is 12.1. The van der Waals surface area contributed by atoms with Gasteiger partial charge in [0.05, 0.1) is 19.3 Å². The zero-order valence-electron chi connectivity index (χ0n) is 9.60. The highest BCUT2D eigenvalue weighted by Crippen LogP contribution is 2.26. The number of fused-ring (bicyclic) bond motifs is 1. The van der Waals surface area contributed by atoms with E-state index in [4.69, 9.17) is 10.2 Å². The first-order valence-electron chi connectivity index (χ1n) is 5.83. The molecule has 1 aliphatic carbocycles. The van der Waals surface area contributed by atoms with Crippen LogP contribution in [0.25, 0.3) is 0 Å². The second-order valence-corrected chi connectivity index (χ2v) is 4.44. The van der Waals surface area contributed by atoms with E-state index in [1.807, 2.05) is 24.3 Å². The zero-order chi connectivity index (χ0) is 12.3. The van der Waals surface area contributed by atoms with Gasteiger partial charge < -0.3 is 15.5 Å². The summed E-state index contributed by atoms with van der Waals surface area (Å²) in [6.07, 6.45) is 1.48. The molecule has 0 unspecified atom stereocenters. The maximum absolute atomic E-state index is 11.9. The number of hydrogen-bond donors (Lipinski definition) is 3. The average Bonchev–Trinajstić information content (AvgIpc) is 2.79. The summed E-state index contributed by atoms with van der Waals surface area (Å²) in [4.78, 5) is 11.9. The maximum Gasteiger partial charge on any atom is 0.224 e. The first-order chi connectivity index (χ1) is 8.24. The number of rotatable bonds is 4. The minimum atomic E-state index is -0.550. The van der Waals surface area contributed by atoms with E-state index >= 15 is 0 Å². The predicted octanol–water partition coefficient (Wildman–Crippen LogP) is -0.129. The molecule has 0 saturated heterocycles. The van der Waals surface area contributed by atoms with E-state index in [-0.39, 0.29) is 25.0 Å². The molecule has 1 aliphatic rings. The van der Waals surface area contributed by atoms with Gasteiger partial charge in [-0.05, 0) is 24.0 Å². The molecule has 0 atom stereocenters. The van der Waals surface area contributed by atoms with Gasteiger partial charge >= 0.3 is 0 Å². The van der Waals surface area contributed by atoms with Crippen molar-refractivity contribution in [2.45, 2.75) is 18.9 Å². The van der Waals surface area contributed by atoms with Crippen LogP contribution in [0.5, 0.6) is 0 Å². The molecule has 1 aromatic rings. The number of aliphatic hydroxyl groups excluding tert-OH is 2. The third-order valence-corrected chi connectivity index (χ3v) is 3.21. The molecule has 17 heavy (non-hydrogen) atoms. The molecule has 0 spiro atoms. The van der Waals surface area contributed by atoms with Crippen LogP contribution < -0.4 is 5.32 Å². The number of hydrogen-bond acceptors (Lipinski definition) is 3. The van der Waals surface area contributed by atoms with E-state index in [2.05, 4.69) is 5.32 Å². The largest absolute Gasteiger partial charge is 0.394 e. The van der Waals surface area contributed by atoms with Crippen LogP contribution in [0.15, 0.2) is 24.3 Å². The fourth-order valence-corrected chi connectivity index (χ4v) is 2.21. The molecule has 92 valence electrons. The third-order valence-electron chi connectivity index (χ3n) is 3.21. The molecular weight excluding hydrogens is 218 g/mol. The van der Waals surface area contributed by atoms with E-state index in [1.54, 1.807) is 0 Å². The van der Waals surface area contributed by atoms with Crippen molar-refractivity contribution in [1.82, 2.24) is 5.32 Å². The van der Waals surface area contributed by atoms with Gasteiger partial charge in [0, 0.05) is 5.92 Å². The van der Waals surface area contributed by atoms with Crippen molar-refractivity contribution in [2.24, 2.45) is 5.92 Å². The van der Waals surface area contributed by atoms with Gasteiger partial charge in [0.25, 0.3) is 0 Å². The Morgan fingerprint density at radius 3 is 2.24 bits per heavy atom. The second-order valence-electron chi connectivity index (χ2n) is 4.44. The Morgan fingerprint density at radius 2 is 1.76 bits per heavy atom. The summed E-state index contributed by atoms with van der Waals surface area (Å²) in [6.45, 7) is -0.468. The standard InChI is InChI=1S/C13H17NO3/c15-7-12(8-16)14-13(17)11-5-9-3-1-2-4-10(9)6-11/h1-4,11-12,15-16H,5-8H2,(H,14,17). The normalized spacial score (nSPS) is 15.0. The van der Waals surface area contributed by atoms with Crippen molar-refractivity contribution in [3.63, 3.8) is 0 Å². The molecule has 0 aromatic heterocycles. The highest BCUT2D eigenvalue weighted by molar-refractivity contribution is 5.80. The van der Waals surface area contributed by atoms with Gasteiger partial charge in [-0.1, -0.05) is 24.3 Å². The number of carbonyl (C=O) groups excluding carboxylic acids is 1. The maximum atomic E-state index is 11.9. The molecule has 0 radical (unpaired) electrons. The Morgan fingerprint density at radius 1 is 1.24 bits per heavy atom. The molecule has 4 nitrogen and oxygen atoms in total. The minimum absolute atomic E-state index is 0.0759. The number of nitrogens with one attached hydrogen (secondary N) is 1. The van der Waals surface area contributed by atoms with Crippen LogP contribution in [0.2, 0.25) is 0 Å². The van der Waals surface area contributed by atoms with E-state index in [1.165, 1.54) is 11.1 Å². The first-order valence-corrected chi connectivity index (χ1v) is 5.83. The Kier molecular flexibility index (Phi) is 3.76. The lowest BCUT2D eigenvalue weighted by atomic mass is 10.1. The van der Waals surface area contributed by atoms with E-state index in [0.29, 0.717) is 0 Å². The zero-order valence-corrected chi connectivity index (χ0v) is 9.60. The van der Waals surface area contributed by atoms with Crippen molar-refractivity contribution >= 4 is 5.91 Å². The minimum Gasteiger partial charge on any atom is -0.394 e. The number of carbonyl (C=O) groups is 1. The van der Waals surface area contributed by atoms with Gasteiger partial charge in [-0.25, -0.2) is 0 Å². The highest BCUT2D eigenvalue weighted by atomic mass is 16.3. The molecule has 1 amide bonds. The van der Waals surface area contributed by atoms with Gasteiger partial charge in [-0.15, -0.1) is 0 Å². The Balaban J connectivity index is 1.96. The monoisotopic (exact) mass is 235 g/mol. The summed E-state index contributed by atoms with van der Waals surface area (Å²) in [5, 5.41) is 20.5. The Bertz CT molecular complexity index is 376. The predicted molar refractivity (Wildman–Crippen MR) is 63.4 cm³/mol. The molecule has 2 rings (SSSR count). The molecule has 3 N–H and O–H groups in total. The quantitative estimate of drug-likeness (QED) is 0.681. The van der Waals surface area contributed by atoms with Crippen LogP contribution in [-0.4, -0.2) is 35.4 Å².